The molecule has 1 aromatic carbocycles. The van der Waals surface area contributed by atoms with Crippen LogP contribution in [0.4, 0.5) is 0 Å². The molecule has 0 aromatic heterocycles. The smallest absolute Gasteiger partial charge is 0.258 e. The van der Waals surface area contributed by atoms with Gasteiger partial charge in [0.15, 0.2) is 0 Å². The summed E-state index contributed by atoms with van der Waals surface area (Å²) in [5.74, 6) is 0.00256. The number of hydrogen-bond donors (Lipinski definition) is 2. The molecular formula is C22H31NO3. The fourth-order valence-electron chi connectivity index (χ4n) is 4.09. The van der Waals surface area contributed by atoms with Crippen molar-refractivity contribution in [2.45, 2.75) is 77.7 Å². The number of carbonyl (C=O) groups excluding carboxylic acids is 1. The van der Waals surface area contributed by atoms with E-state index in [1.165, 1.54) is 5.57 Å². The predicted molar refractivity (Wildman–Crippen MR) is 104 cm³/mol. The number of amides is 1. The van der Waals surface area contributed by atoms with Crippen molar-refractivity contribution in [3.05, 3.63) is 34.4 Å². The van der Waals surface area contributed by atoms with E-state index in [9.17, 15) is 15.0 Å². The molecule has 26 heavy (non-hydrogen) atoms. The molecule has 2 aliphatic rings. The molecule has 4 nitrogen and oxygen atoms in total. The summed E-state index contributed by atoms with van der Waals surface area (Å²) in [6.45, 7) is 6.98. The van der Waals surface area contributed by atoms with Crippen LogP contribution >= 0.6 is 0 Å². The topological polar surface area (TPSA) is 60.5 Å². The number of benzene rings is 1. The number of hydrogen-bond acceptors (Lipinski definition) is 3. The highest BCUT2D eigenvalue weighted by atomic mass is 16.3. The fraction of sp³-hybridized carbons (Fsp3) is 0.591. The number of carbonyl (C=O) groups is 1. The second-order valence-corrected chi connectivity index (χ2v) is 7.97. The summed E-state index contributed by atoms with van der Waals surface area (Å²) in [6.07, 6.45) is 8.94. The van der Waals surface area contributed by atoms with Crippen LogP contribution in [0.5, 0.6) is 11.5 Å². The third kappa shape index (κ3) is 3.74. The quantitative estimate of drug-likeness (QED) is 0.433. The molecule has 0 radical (unpaired) electrons. The number of allylic oxidation sites excluding steroid dienone is 2. The second kappa shape index (κ2) is 7.73. The summed E-state index contributed by atoms with van der Waals surface area (Å²) in [6, 6.07) is 1.96. The average Bonchev–Trinajstić information content (AvgIpc) is 3.31. The normalized spacial score (nSPS) is 22.3. The highest BCUT2D eigenvalue weighted by Gasteiger charge is 2.38. The Morgan fingerprint density at radius 3 is 2.65 bits per heavy atom. The van der Waals surface area contributed by atoms with Crippen LogP contribution in [0.15, 0.2) is 17.7 Å². The molecule has 1 aromatic rings. The molecule has 1 amide bonds. The van der Waals surface area contributed by atoms with E-state index in [0.29, 0.717) is 17.5 Å². The molecule has 4 heteroatoms. The lowest BCUT2D eigenvalue weighted by Crippen LogP contribution is -2.17. The number of unbranched alkanes of at least 4 members (excludes halogenated alkanes) is 2. The SMILES string of the molecule is CCCCCc1cc(O)c(C2C=C(C)CCC2)c(O)c1C(=O)N1CC1C. The van der Waals surface area contributed by atoms with E-state index in [1.54, 1.807) is 11.0 Å². The highest BCUT2D eigenvalue weighted by Crippen LogP contribution is 2.44. The number of aromatic hydroxyl groups is 2. The maximum absolute atomic E-state index is 13.0. The van der Waals surface area contributed by atoms with Crippen LogP contribution in [0.1, 0.15) is 86.7 Å². The van der Waals surface area contributed by atoms with Crippen LogP contribution in [-0.4, -0.2) is 33.6 Å². The molecule has 0 saturated carbocycles. The molecule has 3 rings (SSSR count). The van der Waals surface area contributed by atoms with E-state index in [1.807, 2.05) is 6.92 Å². The van der Waals surface area contributed by atoms with Gasteiger partial charge in [-0.05, 0) is 57.6 Å². The van der Waals surface area contributed by atoms with Gasteiger partial charge in [-0.1, -0.05) is 31.4 Å². The fourth-order valence-corrected chi connectivity index (χ4v) is 4.09. The Kier molecular flexibility index (Phi) is 5.59. The van der Waals surface area contributed by atoms with Gasteiger partial charge in [-0.3, -0.25) is 4.79 Å². The van der Waals surface area contributed by atoms with Gasteiger partial charge in [0.05, 0.1) is 5.56 Å². The second-order valence-electron chi connectivity index (χ2n) is 7.97. The highest BCUT2D eigenvalue weighted by molar-refractivity contribution is 6.00. The maximum atomic E-state index is 13.0. The molecule has 1 fully saturated rings. The van der Waals surface area contributed by atoms with Crippen LogP contribution in [0.3, 0.4) is 0 Å². The van der Waals surface area contributed by atoms with Gasteiger partial charge in [-0.15, -0.1) is 0 Å². The van der Waals surface area contributed by atoms with Crippen LogP contribution in [0.25, 0.3) is 0 Å². The lowest BCUT2D eigenvalue weighted by Gasteiger charge is -2.24. The zero-order valence-electron chi connectivity index (χ0n) is 16.2. The van der Waals surface area contributed by atoms with E-state index < -0.39 is 0 Å². The van der Waals surface area contributed by atoms with Crippen molar-refractivity contribution in [1.82, 2.24) is 4.90 Å². The van der Waals surface area contributed by atoms with Gasteiger partial charge >= 0.3 is 0 Å². The first-order valence-corrected chi connectivity index (χ1v) is 10.00. The number of nitrogens with zero attached hydrogens (tertiary/aromatic N) is 1. The Hall–Kier alpha value is -1.97. The molecule has 1 aliphatic carbocycles. The van der Waals surface area contributed by atoms with E-state index in [0.717, 1.165) is 50.6 Å². The van der Waals surface area contributed by atoms with Gasteiger partial charge in [-0.25, -0.2) is 0 Å². The predicted octanol–water partition coefficient (Wildman–Crippen LogP) is 4.89. The first-order chi connectivity index (χ1) is 12.4. The summed E-state index contributed by atoms with van der Waals surface area (Å²) >= 11 is 0. The number of rotatable bonds is 6. The van der Waals surface area contributed by atoms with Gasteiger partial charge in [0.1, 0.15) is 11.5 Å². The molecule has 1 saturated heterocycles. The molecule has 142 valence electrons. The van der Waals surface area contributed by atoms with Gasteiger partial charge in [0, 0.05) is 24.1 Å². The molecule has 0 bridgehead atoms. The van der Waals surface area contributed by atoms with Gasteiger partial charge in [-0.2, -0.15) is 0 Å². The first-order valence-electron chi connectivity index (χ1n) is 10.00. The average molecular weight is 357 g/mol. The number of phenolic OH excluding ortho intramolecular Hbond substituents is 2. The van der Waals surface area contributed by atoms with Crippen LogP contribution in [0.2, 0.25) is 0 Å². The minimum Gasteiger partial charge on any atom is -0.507 e. The third-order valence-electron chi connectivity index (χ3n) is 5.73. The molecule has 2 unspecified atom stereocenters. The Morgan fingerprint density at radius 1 is 1.31 bits per heavy atom. The molecule has 1 aliphatic heterocycles. The van der Waals surface area contributed by atoms with E-state index in [4.69, 9.17) is 0 Å². The minimum atomic E-state index is -0.0979. The van der Waals surface area contributed by atoms with Crippen molar-refractivity contribution < 1.29 is 15.0 Å². The van der Waals surface area contributed by atoms with Crippen molar-refractivity contribution in [3.63, 3.8) is 0 Å². The zero-order valence-corrected chi connectivity index (χ0v) is 16.2. The van der Waals surface area contributed by atoms with Crippen molar-refractivity contribution in [3.8, 4) is 11.5 Å². The zero-order chi connectivity index (χ0) is 18.8. The van der Waals surface area contributed by atoms with E-state index in [-0.39, 0.29) is 29.4 Å². The van der Waals surface area contributed by atoms with E-state index in [2.05, 4.69) is 19.9 Å². The number of phenols is 2. The largest absolute Gasteiger partial charge is 0.507 e. The Bertz CT molecular complexity index is 723. The van der Waals surface area contributed by atoms with Gasteiger partial charge in [0.25, 0.3) is 5.91 Å². The molecule has 1 heterocycles. The van der Waals surface area contributed by atoms with E-state index >= 15 is 0 Å². The Balaban J connectivity index is 2.03. The van der Waals surface area contributed by atoms with Crippen molar-refractivity contribution in [2.24, 2.45) is 0 Å². The summed E-state index contributed by atoms with van der Waals surface area (Å²) in [5, 5.41) is 21.7. The molecule has 0 spiro atoms. The minimum absolute atomic E-state index is 0.00320. The standard InChI is InChI=1S/C22H31NO3/c1-4-5-6-9-17-12-18(24)19(16-10-7-8-14(2)11-16)21(25)20(17)22(26)23-13-15(23)3/h11-12,15-16,24-25H,4-10,13H2,1-3H3. The lowest BCUT2D eigenvalue weighted by atomic mass is 9.83. The van der Waals surface area contributed by atoms with Crippen LogP contribution < -0.4 is 0 Å². The molecular weight excluding hydrogens is 326 g/mol. The lowest BCUT2D eigenvalue weighted by molar-refractivity contribution is 0.0872. The summed E-state index contributed by atoms with van der Waals surface area (Å²) in [7, 11) is 0. The van der Waals surface area contributed by atoms with Crippen LogP contribution in [0, 0.1) is 0 Å². The van der Waals surface area contributed by atoms with Crippen molar-refractivity contribution >= 4 is 5.91 Å². The maximum Gasteiger partial charge on any atom is 0.258 e. The summed E-state index contributed by atoms with van der Waals surface area (Å²) in [5.41, 5.74) is 2.99. The Labute approximate surface area is 156 Å². The summed E-state index contributed by atoms with van der Waals surface area (Å²) in [4.78, 5) is 14.8. The number of aryl methyl sites for hydroxylation is 1. The van der Waals surface area contributed by atoms with Crippen molar-refractivity contribution in [2.75, 3.05) is 6.54 Å². The first kappa shape index (κ1) is 18.8. The third-order valence-corrected chi connectivity index (χ3v) is 5.73. The van der Waals surface area contributed by atoms with Crippen molar-refractivity contribution in [1.29, 1.82) is 0 Å². The van der Waals surface area contributed by atoms with Crippen LogP contribution in [-0.2, 0) is 6.42 Å². The monoisotopic (exact) mass is 357 g/mol. The van der Waals surface area contributed by atoms with Gasteiger partial charge < -0.3 is 15.1 Å². The molecule has 2 N–H and O–H groups in total. The van der Waals surface area contributed by atoms with Gasteiger partial charge in [0.2, 0.25) is 0 Å². The Morgan fingerprint density at radius 2 is 2.04 bits per heavy atom. The summed E-state index contributed by atoms with van der Waals surface area (Å²) < 4.78 is 0. The molecule has 2 atom stereocenters.